The van der Waals surface area contributed by atoms with Gasteiger partial charge in [0.1, 0.15) is 13.2 Å². The summed E-state index contributed by atoms with van der Waals surface area (Å²) in [7, 11) is 0. The molecule has 1 aromatic heterocycles. The SMILES string of the molecule is N#Cc1cccc(NC(=O)COCC(=O)Nc2ccc3nc(SCCC4OCCCO4)sc3c2)c1. The number of fused-ring (bicyclic) bond motifs is 1. The van der Waals surface area contributed by atoms with Crippen molar-refractivity contribution in [3.05, 3.63) is 48.0 Å². The first kappa shape index (κ1) is 25.1. The van der Waals surface area contributed by atoms with Gasteiger partial charge in [-0.1, -0.05) is 17.8 Å². The van der Waals surface area contributed by atoms with Gasteiger partial charge in [0.2, 0.25) is 11.8 Å². The van der Waals surface area contributed by atoms with Gasteiger partial charge < -0.3 is 24.8 Å². The van der Waals surface area contributed by atoms with Crippen LogP contribution in [0, 0.1) is 11.3 Å². The smallest absolute Gasteiger partial charge is 0.250 e. The summed E-state index contributed by atoms with van der Waals surface area (Å²) in [5.41, 5.74) is 2.44. The molecule has 0 bridgehead atoms. The quantitative estimate of drug-likeness (QED) is 0.391. The normalized spacial score (nSPS) is 13.9. The van der Waals surface area contributed by atoms with E-state index in [9.17, 15) is 9.59 Å². The van der Waals surface area contributed by atoms with Gasteiger partial charge in [-0.05, 0) is 42.8 Å². The lowest BCUT2D eigenvalue weighted by Gasteiger charge is -2.22. The van der Waals surface area contributed by atoms with Crippen LogP contribution >= 0.6 is 23.1 Å². The number of anilines is 2. The molecule has 35 heavy (non-hydrogen) atoms. The number of benzene rings is 2. The maximum absolute atomic E-state index is 12.2. The van der Waals surface area contributed by atoms with Crippen molar-refractivity contribution in [1.82, 2.24) is 4.98 Å². The number of hydrogen-bond acceptors (Lipinski definition) is 9. The molecule has 0 atom stereocenters. The molecule has 182 valence electrons. The Morgan fingerprint density at radius 3 is 2.60 bits per heavy atom. The minimum Gasteiger partial charge on any atom is -0.362 e. The molecule has 3 aromatic rings. The molecule has 0 radical (unpaired) electrons. The maximum atomic E-state index is 12.2. The second kappa shape index (κ2) is 12.6. The molecule has 1 aliphatic rings. The van der Waals surface area contributed by atoms with Gasteiger partial charge in [-0.15, -0.1) is 11.3 Å². The van der Waals surface area contributed by atoms with Crippen LogP contribution in [0.4, 0.5) is 11.4 Å². The third kappa shape index (κ3) is 7.74. The number of rotatable bonds is 10. The third-order valence-electron chi connectivity index (χ3n) is 4.87. The van der Waals surface area contributed by atoms with Gasteiger partial charge in [-0.3, -0.25) is 9.59 Å². The van der Waals surface area contributed by atoms with Crippen LogP contribution in [0.25, 0.3) is 10.2 Å². The minimum absolute atomic E-state index is 0.129. The minimum atomic E-state index is -0.411. The Kier molecular flexibility index (Phi) is 9.05. The predicted molar refractivity (Wildman–Crippen MR) is 135 cm³/mol. The number of nitrogens with zero attached hydrogens (tertiary/aromatic N) is 2. The van der Waals surface area contributed by atoms with Crippen LogP contribution in [0.3, 0.4) is 0 Å². The van der Waals surface area contributed by atoms with Gasteiger partial charge in [-0.2, -0.15) is 5.26 Å². The molecule has 1 aliphatic heterocycles. The maximum Gasteiger partial charge on any atom is 0.250 e. The summed E-state index contributed by atoms with van der Waals surface area (Å²) in [4.78, 5) is 28.8. The summed E-state index contributed by atoms with van der Waals surface area (Å²) in [5.74, 6) is 0.0730. The summed E-state index contributed by atoms with van der Waals surface area (Å²) in [6.07, 6.45) is 1.63. The molecule has 2 heterocycles. The van der Waals surface area contributed by atoms with Crippen molar-refractivity contribution >= 4 is 56.5 Å². The van der Waals surface area contributed by atoms with E-state index in [2.05, 4.69) is 15.6 Å². The molecule has 2 amide bonds. The molecular formula is C24H24N4O5S2. The second-order valence-electron chi connectivity index (χ2n) is 7.61. The van der Waals surface area contributed by atoms with Crippen LogP contribution in [-0.2, 0) is 23.8 Å². The first-order valence-electron chi connectivity index (χ1n) is 11.0. The van der Waals surface area contributed by atoms with E-state index in [4.69, 9.17) is 19.5 Å². The molecule has 11 heteroatoms. The van der Waals surface area contributed by atoms with Crippen molar-refractivity contribution in [1.29, 1.82) is 5.26 Å². The van der Waals surface area contributed by atoms with Gasteiger partial charge in [0, 0.05) is 23.5 Å². The summed E-state index contributed by atoms with van der Waals surface area (Å²) in [6.45, 7) is 0.955. The largest absolute Gasteiger partial charge is 0.362 e. The van der Waals surface area contributed by atoms with Crippen LogP contribution in [0.15, 0.2) is 46.8 Å². The molecule has 0 spiro atoms. The molecule has 1 saturated heterocycles. The highest BCUT2D eigenvalue weighted by Gasteiger charge is 2.15. The average molecular weight is 513 g/mol. The Labute approximate surface area is 210 Å². The number of carbonyl (C=O) groups is 2. The molecule has 2 N–H and O–H groups in total. The van der Waals surface area contributed by atoms with Gasteiger partial charge in [0.15, 0.2) is 10.6 Å². The first-order valence-corrected chi connectivity index (χ1v) is 12.8. The van der Waals surface area contributed by atoms with E-state index < -0.39 is 5.91 Å². The van der Waals surface area contributed by atoms with Gasteiger partial charge in [0.05, 0.1) is 35.1 Å². The summed E-state index contributed by atoms with van der Waals surface area (Å²) in [6, 6.07) is 14.1. The van der Waals surface area contributed by atoms with Crippen molar-refractivity contribution in [3.8, 4) is 6.07 Å². The Balaban J connectivity index is 1.20. The molecule has 2 aromatic carbocycles. The standard InChI is InChI=1S/C24H24N4O5S2/c25-13-16-3-1-4-17(11-16)26-21(29)14-31-15-22(30)27-18-5-6-19-20(12-18)35-24(28-19)34-10-7-23-32-8-2-9-33-23/h1,3-6,11-12,23H,2,7-10,14-15H2,(H,26,29)(H,27,30). The van der Waals surface area contributed by atoms with Crippen LogP contribution in [0.2, 0.25) is 0 Å². The fourth-order valence-electron chi connectivity index (χ4n) is 3.29. The van der Waals surface area contributed by atoms with Crippen LogP contribution in [0.5, 0.6) is 0 Å². The summed E-state index contributed by atoms with van der Waals surface area (Å²) >= 11 is 3.23. The molecule has 4 rings (SSSR count). The van der Waals surface area contributed by atoms with Crippen molar-refractivity contribution < 1.29 is 23.8 Å². The molecular weight excluding hydrogens is 488 g/mol. The number of nitriles is 1. The monoisotopic (exact) mass is 512 g/mol. The number of nitrogens with one attached hydrogen (secondary N) is 2. The van der Waals surface area contributed by atoms with Crippen molar-refractivity contribution in [2.45, 2.75) is 23.5 Å². The Bertz CT molecular complexity index is 1220. The van der Waals surface area contributed by atoms with E-state index in [1.54, 1.807) is 53.4 Å². The zero-order valence-electron chi connectivity index (χ0n) is 18.8. The topological polar surface area (TPSA) is 123 Å². The van der Waals surface area contributed by atoms with E-state index in [0.29, 0.717) is 16.9 Å². The van der Waals surface area contributed by atoms with E-state index in [1.165, 1.54) is 0 Å². The fourth-order valence-corrected chi connectivity index (χ4v) is 5.42. The van der Waals surface area contributed by atoms with Crippen LogP contribution in [0.1, 0.15) is 18.4 Å². The Morgan fingerprint density at radius 1 is 1.11 bits per heavy atom. The van der Waals surface area contributed by atoms with Gasteiger partial charge >= 0.3 is 0 Å². The second-order valence-corrected chi connectivity index (χ2v) is 9.98. The number of hydrogen-bond donors (Lipinski definition) is 2. The van der Waals surface area contributed by atoms with E-state index in [0.717, 1.165) is 46.4 Å². The van der Waals surface area contributed by atoms with Crippen LogP contribution < -0.4 is 10.6 Å². The van der Waals surface area contributed by atoms with Gasteiger partial charge in [0.25, 0.3) is 0 Å². The highest BCUT2D eigenvalue weighted by atomic mass is 32.2. The van der Waals surface area contributed by atoms with E-state index in [1.807, 2.05) is 18.2 Å². The molecule has 0 aliphatic carbocycles. The molecule has 0 saturated carbocycles. The molecule has 1 fully saturated rings. The lowest BCUT2D eigenvalue weighted by atomic mass is 10.2. The number of amides is 2. The molecule has 9 nitrogen and oxygen atoms in total. The van der Waals surface area contributed by atoms with E-state index in [-0.39, 0.29) is 25.4 Å². The lowest BCUT2D eigenvalue weighted by molar-refractivity contribution is -0.178. The Morgan fingerprint density at radius 2 is 1.86 bits per heavy atom. The van der Waals surface area contributed by atoms with Crippen molar-refractivity contribution in [2.75, 3.05) is 42.8 Å². The van der Waals surface area contributed by atoms with Crippen molar-refractivity contribution in [2.24, 2.45) is 0 Å². The number of thiazole rings is 1. The van der Waals surface area contributed by atoms with Crippen LogP contribution in [-0.4, -0.2) is 55.3 Å². The van der Waals surface area contributed by atoms with Gasteiger partial charge in [-0.25, -0.2) is 4.98 Å². The fraction of sp³-hybridized carbons (Fsp3) is 0.333. The number of ether oxygens (including phenoxy) is 3. The van der Waals surface area contributed by atoms with Crippen molar-refractivity contribution in [3.63, 3.8) is 0 Å². The highest BCUT2D eigenvalue weighted by Crippen LogP contribution is 2.32. The van der Waals surface area contributed by atoms with E-state index >= 15 is 0 Å². The number of aromatic nitrogens is 1. The first-order chi connectivity index (χ1) is 17.1. The Hall–Kier alpha value is -3.01. The summed E-state index contributed by atoms with van der Waals surface area (Å²) < 4.78 is 18.3. The zero-order valence-corrected chi connectivity index (χ0v) is 20.5. The number of thioether (sulfide) groups is 1. The predicted octanol–water partition coefficient (Wildman–Crippen LogP) is 4.01. The third-order valence-corrected chi connectivity index (χ3v) is 7.06. The lowest BCUT2D eigenvalue weighted by Crippen LogP contribution is -2.25. The molecule has 0 unspecified atom stereocenters. The average Bonchev–Trinajstić information content (AvgIpc) is 3.27. The summed E-state index contributed by atoms with van der Waals surface area (Å²) in [5, 5.41) is 14.3. The zero-order chi connectivity index (χ0) is 24.5. The number of carbonyl (C=O) groups excluding carboxylic acids is 2. The highest BCUT2D eigenvalue weighted by molar-refractivity contribution is 8.01.